The number of nitrogens with two attached hydrogens (primary N) is 1. The van der Waals surface area contributed by atoms with Gasteiger partial charge in [0.15, 0.2) is 0 Å². The second kappa shape index (κ2) is 10.5. The van der Waals surface area contributed by atoms with E-state index in [1.54, 1.807) is 0 Å². The van der Waals surface area contributed by atoms with Crippen molar-refractivity contribution in [3.8, 4) is 16.9 Å². The standard InChI is InChI=1S/C27H32N6O3S/c1-32(2)37(34,35)31-21-11-13-22(14-12-21)33-16-24(25-26(28)29-18-30-27(25)33)20-9-6-10-23(15-20)36-17-19-7-4-3-5-8-19/h3-10,15-16,18,21-22,31H,11-14,17H2,1-2H3,(H2,28,29,30). The van der Waals surface area contributed by atoms with Crippen LogP contribution in [0.1, 0.15) is 37.3 Å². The molecule has 10 heteroatoms. The molecule has 0 atom stereocenters. The molecule has 3 N–H and O–H groups in total. The van der Waals surface area contributed by atoms with Gasteiger partial charge in [-0.05, 0) is 48.9 Å². The van der Waals surface area contributed by atoms with Crippen molar-refractivity contribution in [3.63, 3.8) is 0 Å². The molecule has 0 amide bonds. The maximum absolute atomic E-state index is 12.2. The lowest BCUT2D eigenvalue weighted by molar-refractivity contribution is 0.306. The van der Waals surface area contributed by atoms with Crippen molar-refractivity contribution in [1.82, 2.24) is 23.6 Å². The molecule has 37 heavy (non-hydrogen) atoms. The van der Waals surface area contributed by atoms with Crippen molar-refractivity contribution in [1.29, 1.82) is 0 Å². The third-order valence-corrected chi connectivity index (χ3v) is 8.51. The van der Waals surface area contributed by atoms with Gasteiger partial charge in [-0.1, -0.05) is 42.5 Å². The summed E-state index contributed by atoms with van der Waals surface area (Å²) in [6, 6.07) is 18.1. The summed E-state index contributed by atoms with van der Waals surface area (Å²) < 4.78 is 36.7. The molecule has 4 aromatic rings. The highest BCUT2D eigenvalue weighted by atomic mass is 32.2. The van der Waals surface area contributed by atoms with Gasteiger partial charge in [0.25, 0.3) is 10.2 Å². The third-order valence-electron chi connectivity index (χ3n) is 6.92. The number of rotatable bonds is 8. The zero-order valence-corrected chi connectivity index (χ0v) is 21.9. The molecule has 0 unspecified atom stereocenters. The molecule has 1 aliphatic carbocycles. The zero-order valence-electron chi connectivity index (χ0n) is 21.0. The highest BCUT2D eigenvalue weighted by Crippen LogP contribution is 2.39. The predicted octanol–water partition coefficient (Wildman–Crippen LogP) is 4.14. The number of hydrogen-bond acceptors (Lipinski definition) is 6. The Balaban J connectivity index is 1.40. The normalized spacial score (nSPS) is 18.4. The second-order valence-electron chi connectivity index (χ2n) is 9.62. The molecule has 0 saturated heterocycles. The van der Waals surface area contributed by atoms with Crippen LogP contribution in [0.2, 0.25) is 0 Å². The molecule has 2 aromatic carbocycles. The van der Waals surface area contributed by atoms with E-state index < -0.39 is 10.2 Å². The van der Waals surface area contributed by atoms with E-state index in [4.69, 9.17) is 10.5 Å². The summed E-state index contributed by atoms with van der Waals surface area (Å²) in [5, 5.41) is 0.818. The summed E-state index contributed by atoms with van der Waals surface area (Å²) in [6.07, 6.45) is 6.74. The third kappa shape index (κ3) is 5.46. The monoisotopic (exact) mass is 520 g/mol. The number of anilines is 1. The Morgan fingerprint density at radius 2 is 1.81 bits per heavy atom. The van der Waals surface area contributed by atoms with Gasteiger partial charge in [-0.3, -0.25) is 0 Å². The van der Waals surface area contributed by atoms with Crippen LogP contribution in [0.4, 0.5) is 5.82 Å². The number of nitrogen functional groups attached to an aromatic ring is 1. The van der Waals surface area contributed by atoms with E-state index in [0.717, 1.165) is 59.2 Å². The van der Waals surface area contributed by atoms with E-state index in [1.165, 1.54) is 24.7 Å². The van der Waals surface area contributed by atoms with Crippen LogP contribution < -0.4 is 15.2 Å². The second-order valence-corrected chi connectivity index (χ2v) is 11.5. The van der Waals surface area contributed by atoms with Crippen LogP contribution in [0.3, 0.4) is 0 Å². The minimum absolute atomic E-state index is 0.0805. The predicted molar refractivity (Wildman–Crippen MR) is 145 cm³/mol. The molecule has 194 valence electrons. The van der Waals surface area contributed by atoms with E-state index in [1.807, 2.05) is 54.6 Å². The fourth-order valence-corrected chi connectivity index (χ4v) is 5.76. The molecule has 2 heterocycles. The summed E-state index contributed by atoms with van der Waals surface area (Å²) in [5.41, 5.74) is 10.2. The highest BCUT2D eigenvalue weighted by molar-refractivity contribution is 7.87. The largest absolute Gasteiger partial charge is 0.489 e. The van der Waals surface area contributed by atoms with Crippen LogP contribution in [0, 0.1) is 0 Å². The Morgan fingerprint density at radius 3 is 2.54 bits per heavy atom. The minimum Gasteiger partial charge on any atom is -0.489 e. The van der Waals surface area contributed by atoms with Crippen molar-refractivity contribution in [3.05, 3.63) is 72.7 Å². The summed E-state index contributed by atoms with van der Waals surface area (Å²) >= 11 is 0. The van der Waals surface area contributed by atoms with Gasteiger partial charge < -0.3 is 15.0 Å². The summed E-state index contributed by atoms with van der Waals surface area (Å²) in [5.74, 6) is 1.20. The molecule has 1 fully saturated rings. The van der Waals surface area contributed by atoms with Crippen molar-refractivity contribution in [2.24, 2.45) is 0 Å². The lowest BCUT2D eigenvalue weighted by atomic mass is 9.91. The van der Waals surface area contributed by atoms with Crippen LogP contribution in [-0.2, 0) is 16.8 Å². The van der Waals surface area contributed by atoms with E-state index in [0.29, 0.717) is 12.4 Å². The van der Waals surface area contributed by atoms with E-state index in [9.17, 15) is 8.42 Å². The molecule has 9 nitrogen and oxygen atoms in total. The lowest BCUT2D eigenvalue weighted by Gasteiger charge is -2.30. The van der Waals surface area contributed by atoms with Gasteiger partial charge in [0.1, 0.15) is 30.1 Å². The van der Waals surface area contributed by atoms with Crippen LogP contribution in [0.25, 0.3) is 22.2 Å². The minimum atomic E-state index is -3.45. The van der Waals surface area contributed by atoms with Crippen molar-refractivity contribution in [2.75, 3.05) is 19.8 Å². The van der Waals surface area contributed by atoms with Crippen LogP contribution >= 0.6 is 0 Å². The number of nitrogens with one attached hydrogen (secondary N) is 1. The van der Waals surface area contributed by atoms with Crippen LogP contribution in [0.5, 0.6) is 5.75 Å². The molecule has 1 aliphatic rings. The van der Waals surface area contributed by atoms with Gasteiger partial charge in [0.2, 0.25) is 0 Å². The molecule has 0 bridgehead atoms. The van der Waals surface area contributed by atoms with Gasteiger partial charge in [0, 0.05) is 37.9 Å². The number of hydrogen-bond donors (Lipinski definition) is 2. The molecule has 0 aliphatic heterocycles. The number of ether oxygens (including phenoxy) is 1. The van der Waals surface area contributed by atoms with Gasteiger partial charge in [-0.2, -0.15) is 17.4 Å². The molecular weight excluding hydrogens is 488 g/mol. The SMILES string of the molecule is CN(C)S(=O)(=O)NC1CCC(n2cc(-c3cccc(OCc4ccccc4)c3)c3c(N)ncnc32)CC1. The first-order valence-electron chi connectivity index (χ1n) is 12.4. The first-order valence-corrected chi connectivity index (χ1v) is 13.8. The van der Waals surface area contributed by atoms with Crippen molar-refractivity contribution in [2.45, 2.75) is 44.4 Å². The fraction of sp³-hybridized carbons (Fsp3) is 0.333. The summed E-state index contributed by atoms with van der Waals surface area (Å²) in [4.78, 5) is 8.85. The smallest absolute Gasteiger partial charge is 0.279 e. The molecule has 1 saturated carbocycles. The number of benzene rings is 2. The average molecular weight is 521 g/mol. The molecule has 2 aromatic heterocycles. The Hall–Kier alpha value is -3.47. The number of aromatic nitrogens is 3. The topological polar surface area (TPSA) is 115 Å². The van der Waals surface area contributed by atoms with E-state index >= 15 is 0 Å². The maximum atomic E-state index is 12.2. The van der Waals surface area contributed by atoms with Crippen LogP contribution in [-0.4, -0.2) is 47.4 Å². The van der Waals surface area contributed by atoms with E-state index in [-0.39, 0.29) is 12.1 Å². The molecule has 0 spiro atoms. The summed E-state index contributed by atoms with van der Waals surface area (Å²) in [6.45, 7) is 0.484. The van der Waals surface area contributed by atoms with Crippen molar-refractivity contribution < 1.29 is 13.2 Å². The van der Waals surface area contributed by atoms with Crippen molar-refractivity contribution >= 4 is 27.1 Å². The first-order chi connectivity index (χ1) is 17.8. The van der Waals surface area contributed by atoms with Gasteiger partial charge in [-0.25, -0.2) is 9.97 Å². The van der Waals surface area contributed by atoms with E-state index in [2.05, 4.69) is 25.5 Å². The average Bonchev–Trinajstić information content (AvgIpc) is 3.29. The highest BCUT2D eigenvalue weighted by Gasteiger charge is 2.28. The van der Waals surface area contributed by atoms with Gasteiger partial charge >= 0.3 is 0 Å². The lowest BCUT2D eigenvalue weighted by Crippen LogP contribution is -2.43. The van der Waals surface area contributed by atoms with Gasteiger partial charge in [-0.15, -0.1) is 0 Å². The Labute approximate surface area is 217 Å². The van der Waals surface area contributed by atoms with Gasteiger partial charge in [0.05, 0.1) is 5.39 Å². The van der Waals surface area contributed by atoms with Crippen LogP contribution in [0.15, 0.2) is 67.1 Å². The maximum Gasteiger partial charge on any atom is 0.279 e. The first kappa shape index (κ1) is 25.2. The number of nitrogens with zero attached hydrogens (tertiary/aromatic N) is 4. The molecular formula is C27H32N6O3S. The Bertz CT molecular complexity index is 1480. The quantitative estimate of drug-likeness (QED) is 0.361. The Kier molecular flexibility index (Phi) is 7.14. The summed E-state index contributed by atoms with van der Waals surface area (Å²) in [7, 11) is -0.381. The Morgan fingerprint density at radius 1 is 1.05 bits per heavy atom. The number of fused-ring (bicyclic) bond motifs is 1. The zero-order chi connectivity index (χ0) is 26.0. The fourth-order valence-electron chi connectivity index (χ4n) is 4.89. The molecule has 5 rings (SSSR count). The molecule has 0 radical (unpaired) electrons.